The summed E-state index contributed by atoms with van der Waals surface area (Å²) in [7, 11) is 0. The molecule has 1 fully saturated rings. The van der Waals surface area contributed by atoms with Crippen LogP contribution in [0.3, 0.4) is 0 Å². The van der Waals surface area contributed by atoms with Crippen LogP contribution in [0.1, 0.15) is 16.8 Å². The number of nitrogens with zero attached hydrogens (tertiary/aromatic N) is 3. The quantitative estimate of drug-likeness (QED) is 0.525. The lowest BCUT2D eigenvalue weighted by atomic mass is 9.98. The number of benzene rings is 2. The van der Waals surface area contributed by atoms with Crippen LogP contribution in [0.15, 0.2) is 42.6 Å². The second-order valence-corrected chi connectivity index (χ2v) is 7.72. The van der Waals surface area contributed by atoms with Gasteiger partial charge in [-0.1, -0.05) is 0 Å². The average molecular weight is 479 g/mol. The van der Waals surface area contributed by atoms with E-state index in [2.05, 4.69) is 15.3 Å². The standard InChI is InChI=1S/C21H17F4N5O4/c22-13-6-12-10-30(28-18(12)16(7-13)19(26)32)15-3-1-14(2-4-15)27-17(31)5-11-8-29(9-11)34-20(33)21(23,24)25/h1-4,6-7,10-11H,5,8-9H2,(H2,26,32)(H,27,31). The van der Waals surface area contributed by atoms with Crippen molar-refractivity contribution in [3.05, 3.63) is 54.0 Å². The van der Waals surface area contributed by atoms with Gasteiger partial charge in [-0.3, -0.25) is 9.59 Å². The summed E-state index contributed by atoms with van der Waals surface area (Å²) in [6.07, 6.45) is -3.50. The van der Waals surface area contributed by atoms with E-state index in [9.17, 15) is 31.9 Å². The molecule has 1 aliphatic rings. The lowest BCUT2D eigenvalue weighted by molar-refractivity contribution is -0.258. The molecule has 4 rings (SSSR count). The van der Waals surface area contributed by atoms with Crippen LogP contribution in [0.4, 0.5) is 23.2 Å². The van der Waals surface area contributed by atoms with Gasteiger partial charge in [0.2, 0.25) is 5.91 Å². The first-order chi connectivity index (χ1) is 16.0. The molecule has 2 aromatic carbocycles. The highest BCUT2D eigenvalue weighted by molar-refractivity contribution is 6.04. The third-order valence-corrected chi connectivity index (χ3v) is 5.10. The number of carbonyl (C=O) groups excluding carboxylic acids is 3. The van der Waals surface area contributed by atoms with Crippen molar-refractivity contribution < 1.29 is 36.8 Å². The fourth-order valence-corrected chi connectivity index (χ4v) is 3.49. The molecule has 0 unspecified atom stereocenters. The molecule has 0 spiro atoms. The van der Waals surface area contributed by atoms with Gasteiger partial charge in [0.25, 0.3) is 5.91 Å². The number of hydroxylamine groups is 2. The molecule has 1 saturated heterocycles. The molecule has 0 radical (unpaired) electrons. The topological polar surface area (TPSA) is 120 Å². The van der Waals surface area contributed by atoms with Crippen LogP contribution in [0.2, 0.25) is 0 Å². The Kier molecular flexibility index (Phi) is 5.96. The van der Waals surface area contributed by atoms with E-state index < -0.39 is 23.9 Å². The van der Waals surface area contributed by atoms with E-state index in [4.69, 9.17) is 5.73 Å². The molecule has 1 aliphatic heterocycles. The minimum Gasteiger partial charge on any atom is -0.366 e. The number of anilines is 1. The molecule has 34 heavy (non-hydrogen) atoms. The molecule has 3 N–H and O–H groups in total. The Hall–Kier alpha value is -4.00. The molecule has 0 aliphatic carbocycles. The first kappa shape index (κ1) is 23.2. The average Bonchev–Trinajstić information content (AvgIpc) is 3.14. The van der Waals surface area contributed by atoms with Gasteiger partial charge in [-0.2, -0.15) is 18.3 Å². The van der Waals surface area contributed by atoms with Gasteiger partial charge >= 0.3 is 12.1 Å². The predicted molar refractivity (Wildman–Crippen MR) is 110 cm³/mol. The third-order valence-electron chi connectivity index (χ3n) is 5.10. The van der Waals surface area contributed by atoms with Crippen LogP contribution in [-0.2, 0) is 14.4 Å². The highest BCUT2D eigenvalue weighted by atomic mass is 19.4. The van der Waals surface area contributed by atoms with Crippen molar-refractivity contribution in [1.82, 2.24) is 14.8 Å². The van der Waals surface area contributed by atoms with E-state index in [1.54, 1.807) is 24.3 Å². The molecule has 0 bridgehead atoms. The van der Waals surface area contributed by atoms with Gasteiger partial charge in [0, 0.05) is 36.8 Å². The summed E-state index contributed by atoms with van der Waals surface area (Å²) in [5.41, 5.74) is 6.54. The number of carbonyl (C=O) groups is 3. The Morgan fingerprint density at radius 2 is 1.82 bits per heavy atom. The molecule has 9 nitrogen and oxygen atoms in total. The second kappa shape index (κ2) is 8.74. The van der Waals surface area contributed by atoms with E-state index in [-0.39, 0.29) is 42.4 Å². The Labute approximate surface area is 189 Å². The Balaban J connectivity index is 1.34. The van der Waals surface area contributed by atoms with Crippen molar-refractivity contribution in [2.45, 2.75) is 12.6 Å². The Bertz CT molecular complexity index is 1270. The molecule has 178 valence electrons. The van der Waals surface area contributed by atoms with Crippen LogP contribution >= 0.6 is 0 Å². The van der Waals surface area contributed by atoms with Crippen molar-refractivity contribution in [1.29, 1.82) is 0 Å². The molecule has 0 saturated carbocycles. The number of rotatable bonds is 6. The number of primary amides is 1. The molecule has 1 aromatic heterocycles. The number of alkyl halides is 3. The number of nitrogens with one attached hydrogen (secondary N) is 1. The summed E-state index contributed by atoms with van der Waals surface area (Å²) in [4.78, 5) is 38.7. The summed E-state index contributed by atoms with van der Waals surface area (Å²) < 4.78 is 51.7. The fraction of sp³-hybridized carbons (Fsp3) is 0.238. The molecule has 0 atom stereocenters. The highest BCUT2D eigenvalue weighted by Crippen LogP contribution is 2.25. The zero-order valence-electron chi connectivity index (χ0n) is 17.3. The fourth-order valence-electron chi connectivity index (χ4n) is 3.49. The molecular weight excluding hydrogens is 462 g/mol. The summed E-state index contributed by atoms with van der Waals surface area (Å²) in [5.74, 6) is -4.33. The summed E-state index contributed by atoms with van der Waals surface area (Å²) in [6.45, 7) is 0.0455. The molecule has 2 heterocycles. The van der Waals surface area contributed by atoms with Crippen molar-refractivity contribution in [2.75, 3.05) is 18.4 Å². The smallest absolute Gasteiger partial charge is 0.366 e. The maximum atomic E-state index is 13.7. The zero-order valence-corrected chi connectivity index (χ0v) is 17.3. The Morgan fingerprint density at radius 1 is 1.15 bits per heavy atom. The van der Waals surface area contributed by atoms with Crippen molar-refractivity contribution in [2.24, 2.45) is 11.7 Å². The SMILES string of the molecule is NC(=O)c1cc(F)cc2cn(-c3ccc(NC(=O)CC4CN(OC(=O)C(F)(F)F)C4)cc3)nc12. The lowest BCUT2D eigenvalue weighted by Crippen LogP contribution is -2.50. The number of hydrogen-bond donors (Lipinski definition) is 2. The maximum absolute atomic E-state index is 13.7. The number of halogens is 4. The second-order valence-electron chi connectivity index (χ2n) is 7.72. The normalized spacial score (nSPS) is 14.6. The van der Waals surface area contributed by atoms with Gasteiger partial charge in [-0.25, -0.2) is 13.9 Å². The molecular formula is C21H17F4N5O4. The van der Waals surface area contributed by atoms with Crippen molar-refractivity contribution in [3.63, 3.8) is 0 Å². The van der Waals surface area contributed by atoms with E-state index >= 15 is 0 Å². The van der Waals surface area contributed by atoms with E-state index in [0.29, 0.717) is 16.8 Å². The van der Waals surface area contributed by atoms with Crippen LogP contribution in [0.25, 0.3) is 16.6 Å². The first-order valence-corrected chi connectivity index (χ1v) is 9.92. The van der Waals surface area contributed by atoms with E-state index in [1.165, 1.54) is 16.9 Å². The molecule has 13 heteroatoms. The third kappa shape index (κ3) is 4.98. The maximum Gasteiger partial charge on any atom is 0.492 e. The van der Waals surface area contributed by atoms with Gasteiger partial charge in [-0.15, -0.1) is 5.06 Å². The van der Waals surface area contributed by atoms with Crippen LogP contribution in [-0.4, -0.2) is 51.9 Å². The van der Waals surface area contributed by atoms with E-state index in [1.807, 2.05) is 0 Å². The van der Waals surface area contributed by atoms with Crippen molar-refractivity contribution >= 4 is 34.4 Å². The van der Waals surface area contributed by atoms with Gasteiger partial charge in [-0.05, 0) is 42.3 Å². The number of aromatic nitrogens is 2. The molecule has 3 aromatic rings. The largest absolute Gasteiger partial charge is 0.492 e. The number of amides is 2. The van der Waals surface area contributed by atoms with Crippen LogP contribution < -0.4 is 11.1 Å². The minimum absolute atomic E-state index is 0.0227. The van der Waals surface area contributed by atoms with Gasteiger partial charge in [0.15, 0.2) is 0 Å². The van der Waals surface area contributed by atoms with E-state index in [0.717, 1.165) is 11.1 Å². The Morgan fingerprint density at radius 3 is 2.44 bits per heavy atom. The minimum atomic E-state index is -5.07. The number of fused-ring (bicyclic) bond motifs is 1. The molecule has 2 amide bonds. The van der Waals surface area contributed by atoms with Gasteiger partial charge in [0.05, 0.1) is 11.3 Å². The number of nitrogens with two attached hydrogens (primary N) is 1. The van der Waals surface area contributed by atoms with Gasteiger partial charge < -0.3 is 15.9 Å². The lowest BCUT2D eigenvalue weighted by Gasteiger charge is -2.36. The van der Waals surface area contributed by atoms with Crippen LogP contribution in [0, 0.1) is 11.7 Å². The highest BCUT2D eigenvalue weighted by Gasteiger charge is 2.44. The number of hydrogen-bond acceptors (Lipinski definition) is 6. The summed E-state index contributed by atoms with van der Waals surface area (Å²) >= 11 is 0. The zero-order chi connectivity index (χ0) is 24.6. The van der Waals surface area contributed by atoms with Crippen LogP contribution in [0.5, 0.6) is 0 Å². The van der Waals surface area contributed by atoms with Gasteiger partial charge in [0.1, 0.15) is 11.3 Å². The predicted octanol–water partition coefficient (Wildman–Crippen LogP) is 2.54. The first-order valence-electron chi connectivity index (χ1n) is 9.92. The monoisotopic (exact) mass is 479 g/mol. The summed E-state index contributed by atoms with van der Waals surface area (Å²) in [5, 5.41) is 8.20. The summed E-state index contributed by atoms with van der Waals surface area (Å²) in [6, 6.07) is 8.74. The van der Waals surface area contributed by atoms with Crippen molar-refractivity contribution in [3.8, 4) is 5.69 Å².